The summed E-state index contributed by atoms with van der Waals surface area (Å²) in [5.41, 5.74) is 2.12. The van der Waals surface area contributed by atoms with Gasteiger partial charge in [-0.25, -0.2) is 0 Å². The highest BCUT2D eigenvalue weighted by molar-refractivity contribution is 5.78. The minimum atomic E-state index is 0.0271. The van der Waals surface area contributed by atoms with E-state index < -0.39 is 0 Å². The number of hydrogen-bond acceptors (Lipinski definition) is 3. The molecule has 0 fully saturated rings. The summed E-state index contributed by atoms with van der Waals surface area (Å²) >= 11 is 0. The molecular weight excluding hydrogens is 216 g/mol. The van der Waals surface area contributed by atoms with Crippen molar-refractivity contribution >= 4 is 5.91 Å². The van der Waals surface area contributed by atoms with Crippen molar-refractivity contribution in [2.75, 3.05) is 6.54 Å². The van der Waals surface area contributed by atoms with E-state index in [0.29, 0.717) is 13.1 Å². The van der Waals surface area contributed by atoms with Gasteiger partial charge in [-0.05, 0) is 33.8 Å². The van der Waals surface area contributed by atoms with E-state index in [-0.39, 0.29) is 11.9 Å². The number of nitrogens with zero attached hydrogens (tertiary/aromatic N) is 2. The summed E-state index contributed by atoms with van der Waals surface area (Å²) < 4.78 is 1.95. The van der Waals surface area contributed by atoms with Crippen LogP contribution in [0.15, 0.2) is 6.07 Å². The van der Waals surface area contributed by atoms with Gasteiger partial charge in [0.2, 0.25) is 5.91 Å². The molecule has 17 heavy (non-hydrogen) atoms. The van der Waals surface area contributed by atoms with Crippen molar-refractivity contribution in [3.05, 3.63) is 17.5 Å². The van der Waals surface area contributed by atoms with Crippen molar-refractivity contribution < 1.29 is 4.79 Å². The number of aryl methyl sites for hydroxylation is 2. The van der Waals surface area contributed by atoms with Gasteiger partial charge in [-0.2, -0.15) is 5.10 Å². The average molecular weight is 238 g/mol. The first-order valence-electron chi connectivity index (χ1n) is 6.06. The van der Waals surface area contributed by atoms with Crippen LogP contribution in [0.25, 0.3) is 0 Å². The molecule has 1 aromatic rings. The predicted molar refractivity (Wildman–Crippen MR) is 67.6 cm³/mol. The van der Waals surface area contributed by atoms with Crippen molar-refractivity contribution in [2.45, 2.75) is 46.8 Å². The Balaban J connectivity index is 2.37. The van der Waals surface area contributed by atoms with Crippen LogP contribution in [0.3, 0.4) is 0 Å². The quantitative estimate of drug-likeness (QED) is 0.771. The molecule has 0 aromatic carbocycles. The van der Waals surface area contributed by atoms with Gasteiger partial charge in [0.25, 0.3) is 0 Å². The maximum atomic E-state index is 11.4. The van der Waals surface area contributed by atoms with Crippen LogP contribution in [0.1, 0.15) is 32.2 Å². The number of aromatic nitrogens is 2. The average Bonchev–Trinajstić information content (AvgIpc) is 2.57. The maximum absolute atomic E-state index is 11.4. The summed E-state index contributed by atoms with van der Waals surface area (Å²) in [6.45, 7) is 9.79. The van der Waals surface area contributed by atoms with Gasteiger partial charge in [0, 0.05) is 19.1 Å². The SMILES string of the molecule is CCn1nc(C)cc1CNCC(=O)NC(C)C. The zero-order valence-corrected chi connectivity index (χ0v) is 11.1. The van der Waals surface area contributed by atoms with Crippen molar-refractivity contribution in [3.63, 3.8) is 0 Å². The van der Waals surface area contributed by atoms with E-state index in [1.54, 1.807) is 0 Å². The Bertz CT molecular complexity index is 371. The van der Waals surface area contributed by atoms with Gasteiger partial charge in [0.15, 0.2) is 0 Å². The van der Waals surface area contributed by atoms with Gasteiger partial charge in [-0.15, -0.1) is 0 Å². The largest absolute Gasteiger partial charge is 0.353 e. The van der Waals surface area contributed by atoms with Crippen LogP contribution >= 0.6 is 0 Å². The third kappa shape index (κ3) is 4.56. The van der Waals surface area contributed by atoms with Crippen LogP contribution in [0.5, 0.6) is 0 Å². The molecule has 1 rings (SSSR count). The maximum Gasteiger partial charge on any atom is 0.234 e. The molecule has 0 saturated heterocycles. The lowest BCUT2D eigenvalue weighted by molar-refractivity contribution is -0.120. The van der Waals surface area contributed by atoms with E-state index in [1.165, 1.54) is 0 Å². The molecule has 0 aliphatic carbocycles. The van der Waals surface area contributed by atoms with Crippen LogP contribution in [0, 0.1) is 6.92 Å². The van der Waals surface area contributed by atoms with E-state index in [2.05, 4.69) is 22.7 Å². The Morgan fingerprint density at radius 3 is 2.82 bits per heavy atom. The molecular formula is C12H22N4O. The van der Waals surface area contributed by atoms with E-state index in [1.807, 2.05) is 31.5 Å². The van der Waals surface area contributed by atoms with E-state index >= 15 is 0 Å². The number of rotatable bonds is 6. The van der Waals surface area contributed by atoms with Gasteiger partial charge >= 0.3 is 0 Å². The number of amides is 1. The number of carbonyl (C=O) groups excluding carboxylic acids is 1. The molecule has 0 radical (unpaired) electrons. The second kappa shape index (κ2) is 6.39. The molecule has 96 valence electrons. The molecule has 1 aromatic heterocycles. The number of hydrogen-bond donors (Lipinski definition) is 2. The zero-order valence-electron chi connectivity index (χ0n) is 11.1. The fourth-order valence-corrected chi connectivity index (χ4v) is 1.69. The zero-order chi connectivity index (χ0) is 12.8. The highest BCUT2D eigenvalue weighted by Gasteiger charge is 2.05. The van der Waals surface area contributed by atoms with Gasteiger partial charge in [0.1, 0.15) is 0 Å². The molecule has 0 atom stereocenters. The Morgan fingerprint density at radius 2 is 2.24 bits per heavy atom. The lowest BCUT2D eigenvalue weighted by Gasteiger charge is -2.09. The first kappa shape index (κ1) is 13.7. The van der Waals surface area contributed by atoms with Gasteiger partial charge in [-0.1, -0.05) is 0 Å². The van der Waals surface area contributed by atoms with Crippen molar-refractivity contribution in [2.24, 2.45) is 0 Å². The summed E-state index contributed by atoms with van der Waals surface area (Å²) in [4.78, 5) is 11.4. The predicted octanol–water partition coefficient (Wildman–Crippen LogP) is 0.826. The van der Waals surface area contributed by atoms with Gasteiger partial charge in [-0.3, -0.25) is 9.48 Å². The molecule has 0 unspecified atom stereocenters. The summed E-state index contributed by atoms with van der Waals surface area (Å²) in [6.07, 6.45) is 0. The topological polar surface area (TPSA) is 59.0 Å². The lowest BCUT2D eigenvalue weighted by Crippen LogP contribution is -2.37. The molecule has 0 aliphatic heterocycles. The lowest BCUT2D eigenvalue weighted by atomic mass is 10.3. The molecule has 5 heteroatoms. The van der Waals surface area contributed by atoms with Crippen LogP contribution < -0.4 is 10.6 Å². The molecule has 0 bridgehead atoms. The highest BCUT2D eigenvalue weighted by Crippen LogP contribution is 2.02. The molecule has 0 spiro atoms. The minimum absolute atomic E-state index is 0.0271. The van der Waals surface area contributed by atoms with Gasteiger partial charge in [0.05, 0.1) is 17.9 Å². The van der Waals surface area contributed by atoms with Gasteiger partial charge < -0.3 is 10.6 Å². The molecule has 0 aliphatic rings. The number of carbonyl (C=O) groups is 1. The smallest absolute Gasteiger partial charge is 0.234 e. The second-order valence-electron chi connectivity index (χ2n) is 4.42. The van der Waals surface area contributed by atoms with Crippen LogP contribution in [-0.2, 0) is 17.9 Å². The Kier molecular flexibility index (Phi) is 5.15. The molecule has 1 heterocycles. The Labute approximate surface area is 103 Å². The minimum Gasteiger partial charge on any atom is -0.353 e. The summed E-state index contributed by atoms with van der Waals surface area (Å²) in [7, 11) is 0. The summed E-state index contributed by atoms with van der Waals surface area (Å²) in [6, 6.07) is 2.23. The standard InChI is InChI=1S/C12H22N4O/c1-5-16-11(6-10(4)15-16)7-13-8-12(17)14-9(2)3/h6,9,13H,5,7-8H2,1-4H3,(H,14,17). The van der Waals surface area contributed by atoms with E-state index in [9.17, 15) is 4.79 Å². The van der Waals surface area contributed by atoms with Crippen LogP contribution in [0.4, 0.5) is 0 Å². The first-order valence-corrected chi connectivity index (χ1v) is 6.06. The second-order valence-corrected chi connectivity index (χ2v) is 4.42. The Morgan fingerprint density at radius 1 is 1.53 bits per heavy atom. The third-order valence-electron chi connectivity index (χ3n) is 2.33. The van der Waals surface area contributed by atoms with Crippen molar-refractivity contribution in [1.29, 1.82) is 0 Å². The normalized spacial score (nSPS) is 10.9. The number of nitrogens with one attached hydrogen (secondary N) is 2. The fourth-order valence-electron chi connectivity index (χ4n) is 1.69. The summed E-state index contributed by atoms with van der Waals surface area (Å²) in [5, 5.41) is 10.3. The Hall–Kier alpha value is -1.36. The highest BCUT2D eigenvalue weighted by atomic mass is 16.1. The van der Waals surface area contributed by atoms with E-state index in [0.717, 1.165) is 17.9 Å². The fraction of sp³-hybridized carbons (Fsp3) is 0.667. The third-order valence-corrected chi connectivity index (χ3v) is 2.33. The molecule has 0 saturated carbocycles. The van der Waals surface area contributed by atoms with Crippen molar-refractivity contribution in [3.8, 4) is 0 Å². The van der Waals surface area contributed by atoms with Crippen LogP contribution in [0.2, 0.25) is 0 Å². The monoisotopic (exact) mass is 238 g/mol. The van der Waals surface area contributed by atoms with Crippen LogP contribution in [-0.4, -0.2) is 28.3 Å². The molecule has 5 nitrogen and oxygen atoms in total. The van der Waals surface area contributed by atoms with Crippen molar-refractivity contribution in [1.82, 2.24) is 20.4 Å². The van der Waals surface area contributed by atoms with E-state index in [4.69, 9.17) is 0 Å². The first-order chi connectivity index (χ1) is 8.02. The molecule has 2 N–H and O–H groups in total. The molecule has 1 amide bonds. The summed E-state index contributed by atoms with van der Waals surface area (Å²) in [5.74, 6) is 0.0271.